The van der Waals surface area contributed by atoms with Crippen molar-refractivity contribution in [3.05, 3.63) is 65.7 Å². The standard InChI is InChI=1S/C28H36FN3O5/c29-23-5-3-22(4-6-23)26(35)32-15-2-1-10-28(27(36)37-20-25(34)24(33)9-16-32)11-17-31(18-12-28)19-21-7-13-30-14-8-21/h3-8,13-14,24-25,33-34H,1-2,9-12,15-20H2/t24-,25+/m0/s1. The fourth-order valence-electron chi connectivity index (χ4n) is 5.20. The van der Waals surface area contributed by atoms with E-state index >= 15 is 0 Å². The molecule has 1 amide bonds. The summed E-state index contributed by atoms with van der Waals surface area (Å²) in [6.45, 7) is 2.68. The maximum atomic E-state index is 13.3. The molecule has 0 radical (unpaired) electrons. The van der Waals surface area contributed by atoms with E-state index in [0.717, 1.165) is 26.1 Å². The molecule has 2 aliphatic heterocycles. The van der Waals surface area contributed by atoms with E-state index in [1.165, 1.54) is 29.8 Å². The highest BCUT2D eigenvalue weighted by Crippen LogP contribution is 2.38. The molecule has 37 heavy (non-hydrogen) atoms. The number of esters is 1. The Morgan fingerprint density at radius 1 is 0.973 bits per heavy atom. The van der Waals surface area contributed by atoms with Gasteiger partial charge in [-0.15, -0.1) is 0 Å². The molecule has 9 heteroatoms. The molecule has 0 aliphatic carbocycles. The zero-order valence-corrected chi connectivity index (χ0v) is 21.1. The largest absolute Gasteiger partial charge is 0.462 e. The zero-order chi connectivity index (χ0) is 26.3. The van der Waals surface area contributed by atoms with E-state index < -0.39 is 23.4 Å². The second-order valence-corrected chi connectivity index (χ2v) is 10.2. The Balaban J connectivity index is 1.43. The number of rotatable bonds is 3. The highest BCUT2D eigenvalue weighted by molar-refractivity contribution is 5.94. The number of pyridine rings is 1. The molecule has 1 spiro atoms. The summed E-state index contributed by atoms with van der Waals surface area (Å²) < 4.78 is 18.9. The van der Waals surface area contributed by atoms with Crippen LogP contribution in [0.3, 0.4) is 0 Å². The van der Waals surface area contributed by atoms with Gasteiger partial charge in [-0.2, -0.15) is 0 Å². The van der Waals surface area contributed by atoms with Crippen LogP contribution in [0.1, 0.15) is 54.4 Å². The summed E-state index contributed by atoms with van der Waals surface area (Å²) in [4.78, 5) is 34.4. The van der Waals surface area contributed by atoms with Gasteiger partial charge in [0.15, 0.2) is 0 Å². The van der Waals surface area contributed by atoms with E-state index in [1.54, 1.807) is 17.3 Å². The molecule has 2 aromatic rings. The monoisotopic (exact) mass is 513 g/mol. The number of ether oxygens (including phenoxy) is 1. The van der Waals surface area contributed by atoms with Gasteiger partial charge in [0, 0.05) is 37.6 Å². The van der Waals surface area contributed by atoms with Crippen molar-refractivity contribution >= 4 is 11.9 Å². The van der Waals surface area contributed by atoms with Crippen LogP contribution in [0.25, 0.3) is 0 Å². The minimum Gasteiger partial charge on any atom is -0.462 e. The first-order valence-electron chi connectivity index (χ1n) is 13.1. The normalized spacial score (nSPS) is 24.0. The lowest BCUT2D eigenvalue weighted by atomic mass is 9.74. The fraction of sp³-hybridized carbons (Fsp3) is 0.536. The molecule has 2 saturated heterocycles. The summed E-state index contributed by atoms with van der Waals surface area (Å²) >= 11 is 0. The van der Waals surface area contributed by atoms with Crippen LogP contribution in [0, 0.1) is 11.2 Å². The van der Waals surface area contributed by atoms with Crippen molar-refractivity contribution in [3.8, 4) is 0 Å². The molecule has 0 saturated carbocycles. The highest BCUT2D eigenvalue weighted by atomic mass is 19.1. The van der Waals surface area contributed by atoms with E-state index in [0.29, 0.717) is 37.8 Å². The van der Waals surface area contributed by atoms with E-state index in [2.05, 4.69) is 9.88 Å². The van der Waals surface area contributed by atoms with Crippen LogP contribution < -0.4 is 0 Å². The van der Waals surface area contributed by atoms with Crippen molar-refractivity contribution in [2.75, 3.05) is 32.8 Å². The third-order valence-electron chi connectivity index (χ3n) is 7.64. The van der Waals surface area contributed by atoms with Crippen LogP contribution in [0.15, 0.2) is 48.8 Å². The van der Waals surface area contributed by atoms with E-state index in [9.17, 15) is 24.2 Å². The third kappa shape index (κ3) is 7.12. The van der Waals surface area contributed by atoms with E-state index in [4.69, 9.17) is 4.74 Å². The van der Waals surface area contributed by atoms with Gasteiger partial charge in [-0.1, -0.05) is 6.42 Å². The van der Waals surface area contributed by atoms with Gasteiger partial charge in [0.2, 0.25) is 0 Å². The van der Waals surface area contributed by atoms with Gasteiger partial charge in [0.05, 0.1) is 11.5 Å². The molecule has 1 aromatic carbocycles. The number of aromatic nitrogens is 1. The number of cyclic esters (lactones) is 1. The average Bonchev–Trinajstić information content (AvgIpc) is 2.92. The van der Waals surface area contributed by atoms with Crippen LogP contribution in [0.4, 0.5) is 4.39 Å². The molecule has 0 unspecified atom stereocenters. The molecule has 2 aliphatic rings. The van der Waals surface area contributed by atoms with Crippen LogP contribution in [0.5, 0.6) is 0 Å². The predicted octanol–water partition coefficient (Wildman–Crippen LogP) is 2.78. The van der Waals surface area contributed by atoms with Gasteiger partial charge < -0.3 is 19.8 Å². The SMILES string of the molecule is O=C(c1ccc(F)cc1)N1CCCCC2(CCN(Cc3ccncc3)CC2)C(=O)OC[C@@H](O)[C@@H](O)CC1. The molecule has 4 rings (SSSR count). The Morgan fingerprint density at radius 2 is 1.68 bits per heavy atom. The maximum Gasteiger partial charge on any atom is 0.312 e. The molecule has 200 valence electrons. The number of carbonyl (C=O) groups is 2. The lowest BCUT2D eigenvalue weighted by Gasteiger charge is -2.40. The smallest absolute Gasteiger partial charge is 0.312 e. The van der Waals surface area contributed by atoms with Gasteiger partial charge in [0.1, 0.15) is 18.5 Å². The zero-order valence-electron chi connectivity index (χ0n) is 21.1. The number of amides is 1. The van der Waals surface area contributed by atoms with Gasteiger partial charge in [-0.3, -0.25) is 19.5 Å². The minimum absolute atomic E-state index is 0.140. The van der Waals surface area contributed by atoms with Crippen molar-refractivity contribution in [2.45, 2.75) is 57.3 Å². The first-order valence-corrected chi connectivity index (χ1v) is 13.1. The molecule has 2 atom stereocenters. The fourth-order valence-corrected chi connectivity index (χ4v) is 5.20. The number of likely N-dealkylation sites (tertiary alicyclic amines) is 1. The summed E-state index contributed by atoms with van der Waals surface area (Å²) in [5, 5.41) is 20.9. The van der Waals surface area contributed by atoms with Crippen LogP contribution >= 0.6 is 0 Å². The van der Waals surface area contributed by atoms with Crippen molar-refractivity contribution in [1.82, 2.24) is 14.8 Å². The number of piperidine rings is 1. The molecule has 3 heterocycles. The van der Waals surface area contributed by atoms with Crippen molar-refractivity contribution in [1.29, 1.82) is 0 Å². The van der Waals surface area contributed by atoms with Crippen LogP contribution in [-0.4, -0.2) is 81.9 Å². The third-order valence-corrected chi connectivity index (χ3v) is 7.64. The molecule has 8 nitrogen and oxygen atoms in total. The number of benzene rings is 1. The second kappa shape index (κ2) is 12.6. The van der Waals surface area contributed by atoms with Crippen LogP contribution in [-0.2, 0) is 16.1 Å². The number of nitrogens with zero attached hydrogens (tertiary/aromatic N) is 3. The summed E-state index contributed by atoms with van der Waals surface area (Å²) in [5.41, 5.74) is 0.892. The molecule has 2 N–H and O–H groups in total. The Kier molecular flexibility index (Phi) is 9.23. The summed E-state index contributed by atoms with van der Waals surface area (Å²) in [6, 6.07) is 9.38. The minimum atomic E-state index is -1.24. The number of aliphatic hydroxyl groups is 2. The van der Waals surface area contributed by atoms with Gasteiger partial charge in [0.25, 0.3) is 5.91 Å². The first kappa shape index (κ1) is 27.2. The lowest BCUT2D eigenvalue weighted by molar-refractivity contribution is -0.165. The van der Waals surface area contributed by atoms with Crippen LogP contribution in [0.2, 0.25) is 0 Å². The summed E-state index contributed by atoms with van der Waals surface area (Å²) in [6.07, 6.45) is 4.65. The number of halogens is 1. The second-order valence-electron chi connectivity index (χ2n) is 10.2. The molecule has 1 aromatic heterocycles. The summed E-state index contributed by atoms with van der Waals surface area (Å²) in [5.74, 6) is -0.981. The quantitative estimate of drug-likeness (QED) is 0.609. The number of aliphatic hydroxyl groups excluding tert-OH is 2. The lowest BCUT2D eigenvalue weighted by Crippen LogP contribution is -2.45. The molecule has 0 bridgehead atoms. The summed E-state index contributed by atoms with van der Waals surface area (Å²) in [7, 11) is 0. The van der Waals surface area contributed by atoms with Crippen molar-refractivity contribution in [2.24, 2.45) is 5.41 Å². The van der Waals surface area contributed by atoms with Gasteiger partial charge >= 0.3 is 5.97 Å². The Morgan fingerprint density at radius 3 is 2.38 bits per heavy atom. The number of carbonyl (C=O) groups excluding carboxylic acids is 2. The van der Waals surface area contributed by atoms with Crippen molar-refractivity contribution < 1.29 is 28.9 Å². The average molecular weight is 514 g/mol. The van der Waals surface area contributed by atoms with Crippen molar-refractivity contribution in [3.63, 3.8) is 0 Å². The van der Waals surface area contributed by atoms with Gasteiger partial charge in [-0.25, -0.2) is 4.39 Å². The molecular formula is C28H36FN3O5. The Labute approximate surface area is 217 Å². The Bertz CT molecular complexity index is 1030. The number of hydrogen-bond acceptors (Lipinski definition) is 7. The topological polar surface area (TPSA) is 103 Å². The van der Waals surface area contributed by atoms with E-state index in [1.807, 2.05) is 12.1 Å². The highest BCUT2D eigenvalue weighted by Gasteiger charge is 2.42. The first-order chi connectivity index (χ1) is 17.9. The molecular weight excluding hydrogens is 477 g/mol. The maximum absolute atomic E-state index is 13.3. The number of hydrogen-bond donors (Lipinski definition) is 2. The van der Waals surface area contributed by atoms with Gasteiger partial charge in [-0.05, 0) is 87.2 Å². The Hall–Kier alpha value is -2.88. The van der Waals surface area contributed by atoms with E-state index in [-0.39, 0.29) is 31.4 Å². The predicted molar refractivity (Wildman–Crippen MR) is 135 cm³/mol. The molecule has 2 fully saturated rings.